The Labute approximate surface area is 125 Å². The molecule has 0 aliphatic heterocycles. The Morgan fingerprint density at radius 1 is 1.16 bits per heavy atom. The van der Waals surface area contributed by atoms with Gasteiger partial charge in [0.25, 0.3) is 0 Å². The van der Waals surface area contributed by atoms with Crippen LogP contribution in [-0.2, 0) is 0 Å². The van der Waals surface area contributed by atoms with Crippen LogP contribution in [0.4, 0.5) is 11.5 Å². The Hall–Kier alpha value is -1.66. The molecular formula is C13H12BrN3OS. The summed E-state index contributed by atoms with van der Waals surface area (Å²) in [6, 6.07) is 11.2. The Morgan fingerprint density at radius 2 is 1.89 bits per heavy atom. The van der Waals surface area contributed by atoms with Gasteiger partial charge in [0.05, 0.1) is 7.11 Å². The SMILES string of the molecule is COc1ccc(NC(=S)Nc2ccc(Br)cn2)cc1. The van der Waals surface area contributed by atoms with Gasteiger partial charge in [-0.1, -0.05) is 0 Å². The van der Waals surface area contributed by atoms with Crippen molar-refractivity contribution >= 4 is 44.8 Å². The molecule has 0 aliphatic carbocycles. The molecule has 0 unspecified atom stereocenters. The Morgan fingerprint density at radius 3 is 2.47 bits per heavy atom. The minimum absolute atomic E-state index is 0.486. The molecular weight excluding hydrogens is 326 g/mol. The van der Waals surface area contributed by atoms with Crippen molar-refractivity contribution in [2.75, 3.05) is 17.7 Å². The molecule has 0 aliphatic rings. The number of nitrogens with zero attached hydrogens (tertiary/aromatic N) is 1. The number of nitrogens with one attached hydrogen (secondary N) is 2. The number of pyridine rings is 1. The summed E-state index contributed by atoms with van der Waals surface area (Å²) in [5.74, 6) is 1.49. The molecule has 1 aromatic heterocycles. The number of thiocarbonyl (C=S) groups is 1. The highest BCUT2D eigenvalue weighted by atomic mass is 79.9. The van der Waals surface area contributed by atoms with E-state index in [1.165, 1.54) is 0 Å². The van der Waals surface area contributed by atoms with Gasteiger partial charge in [-0.15, -0.1) is 0 Å². The molecule has 6 heteroatoms. The highest BCUT2D eigenvalue weighted by Crippen LogP contribution is 2.15. The van der Waals surface area contributed by atoms with E-state index in [1.54, 1.807) is 13.3 Å². The lowest BCUT2D eigenvalue weighted by Crippen LogP contribution is -2.19. The van der Waals surface area contributed by atoms with Crippen LogP contribution >= 0.6 is 28.1 Å². The Kier molecular flexibility index (Phi) is 4.70. The molecule has 98 valence electrons. The summed E-state index contributed by atoms with van der Waals surface area (Å²) in [4.78, 5) is 4.18. The van der Waals surface area contributed by atoms with Crippen molar-refractivity contribution in [1.82, 2.24) is 4.98 Å². The number of ether oxygens (including phenoxy) is 1. The zero-order valence-electron chi connectivity index (χ0n) is 10.2. The quantitative estimate of drug-likeness (QED) is 0.837. The van der Waals surface area contributed by atoms with Gasteiger partial charge in [0.2, 0.25) is 0 Å². The summed E-state index contributed by atoms with van der Waals surface area (Å²) in [5, 5.41) is 6.56. The van der Waals surface area contributed by atoms with Crippen LogP contribution in [-0.4, -0.2) is 17.2 Å². The van der Waals surface area contributed by atoms with Crippen molar-refractivity contribution in [1.29, 1.82) is 0 Å². The molecule has 0 bridgehead atoms. The van der Waals surface area contributed by atoms with Crippen molar-refractivity contribution in [3.05, 3.63) is 47.1 Å². The zero-order valence-corrected chi connectivity index (χ0v) is 12.6. The fraction of sp³-hybridized carbons (Fsp3) is 0.0769. The van der Waals surface area contributed by atoms with Crippen LogP contribution in [0.3, 0.4) is 0 Å². The maximum atomic E-state index is 5.21. The van der Waals surface area contributed by atoms with E-state index in [-0.39, 0.29) is 0 Å². The highest BCUT2D eigenvalue weighted by Gasteiger charge is 2.00. The standard InChI is InChI=1S/C13H12BrN3OS/c1-18-11-5-3-10(4-6-11)16-13(19)17-12-7-2-9(14)8-15-12/h2-8H,1H3,(H2,15,16,17,19). The molecule has 0 saturated heterocycles. The smallest absolute Gasteiger partial charge is 0.176 e. The Bertz CT molecular complexity index is 557. The first-order valence-electron chi connectivity index (χ1n) is 5.51. The van der Waals surface area contributed by atoms with Crippen molar-refractivity contribution in [3.63, 3.8) is 0 Å². The molecule has 1 aromatic carbocycles. The van der Waals surface area contributed by atoms with Crippen molar-refractivity contribution in [2.45, 2.75) is 0 Å². The first kappa shape index (κ1) is 13.8. The van der Waals surface area contributed by atoms with E-state index in [9.17, 15) is 0 Å². The van der Waals surface area contributed by atoms with E-state index in [0.29, 0.717) is 10.9 Å². The topological polar surface area (TPSA) is 46.2 Å². The third-order valence-electron chi connectivity index (χ3n) is 2.32. The number of rotatable bonds is 3. The highest BCUT2D eigenvalue weighted by molar-refractivity contribution is 9.10. The molecule has 0 saturated carbocycles. The fourth-order valence-electron chi connectivity index (χ4n) is 1.40. The molecule has 2 aromatic rings. The number of benzene rings is 1. The van der Waals surface area contributed by atoms with E-state index >= 15 is 0 Å². The van der Waals surface area contributed by atoms with Gasteiger partial charge in [0.1, 0.15) is 11.6 Å². The number of hydrogen-bond acceptors (Lipinski definition) is 3. The lowest BCUT2D eigenvalue weighted by atomic mass is 10.3. The van der Waals surface area contributed by atoms with Gasteiger partial charge in [0, 0.05) is 16.4 Å². The van der Waals surface area contributed by atoms with Crippen molar-refractivity contribution < 1.29 is 4.74 Å². The predicted molar refractivity (Wildman–Crippen MR) is 84.8 cm³/mol. The van der Waals surface area contributed by atoms with Crippen LogP contribution in [0.2, 0.25) is 0 Å². The van der Waals surface area contributed by atoms with Crippen LogP contribution in [0.1, 0.15) is 0 Å². The molecule has 0 atom stereocenters. The summed E-state index contributed by atoms with van der Waals surface area (Å²) in [6.45, 7) is 0. The average Bonchev–Trinajstić information content (AvgIpc) is 2.42. The zero-order chi connectivity index (χ0) is 13.7. The van der Waals surface area contributed by atoms with Gasteiger partial charge in [0.15, 0.2) is 5.11 Å². The summed E-state index contributed by atoms with van der Waals surface area (Å²) < 4.78 is 6.01. The van der Waals surface area contributed by atoms with Gasteiger partial charge in [-0.3, -0.25) is 0 Å². The van der Waals surface area contributed by atoms with Gasteiger partial charge in [-0.05, 0) is 64.5 Å². The molecule has 2 N–H and O–H groups in total. The van der Waals surface area contributed by atoms with Crippen LogP contribution in [0.15, 0.2) is 47.1 Å². The van der Waals surface area contributed by atoms with Crippen LogP contribution < -0.4 is 15.4 Å². The minimum atomic E-state index is 0.486. The third-order valence-corrected chi connectivity index (χ3v) is 2.99. The van der Waals surface area contributed by atoms with E-state index in [0.717, 1.165) is 15.9 Å². The molecule has 19 heavy (non-hydrogen) atoms. The number of anilines is 2. The second kappa shape index (κ2) is 6.49. The first-order valence-corrected chi connectivity index (χ1v) is 6.71. The second-order valence-corrected chi connectivity index (χ2v) is 4.99. The van der Waals surface area contributed by atoms with Gasteiger partial charge in [-0.25, -0.2) is 4.98 Å². The number of methoxy groups -OCH3 is 1. The molecule has 2 rings (SSSR count). The monoisotopic (exact) mass is 337 g/mol. The average molecular weight is 338 g/mol. The van der Waals surface area contributed by atoms with E-state index < -0.39 is 0 Å². The van der Waals surface area contributed by atoms with E-state index in [4.69, 9.17) is 17.0 Å². The lowest BCUT2D eigenvalue weighted by molar-refractivity contribution is 0.415. The summed E-state index contributed by atoms with van der Waals surface area (Å²) in [5.41, 5.74) is 0.885. The summed E-state index contributed by atoms with van der Waals surface area (Å²) in [6.07, 6.45) is 1.71. The van der Waals surface area contributed by atoms with Gasteiger partial charge in [-0.2, -0.15) is 0 Å². The van der Waals surface area contributed by atoms with E-state index in [1.807, 2.05) is 36.4 Å². The molecule has 0 radical (unpaired) electrons. The largest absolute Gasteiger partial charge is 0.497 e. The van der Waals surface area contributed by atoms with E-state index in [2.05, 4.69) is 31.5 Å². The first-order chi connectivity index (χ1) is 9.17. The predicted octanol–water partition coefficient (Wildman–Crippen LogP) is 3.66. The van der Waals surface area contributed by atoms with Crippen molar-refractivity contribution in [2.24, 2.45) is 0 Å². The normalized spacial score (nSPS) is 9.79. The minimum Gasteiger partial charge on any atom is -0.497 e. The Balaban J connectivity index is 1.95. The lowest BCUT2D eigenvalue weighted by Gasteiger charge is -2.10. The molecule has 0 fully saturated rings. The number of aromatic nitrogens is 1. The van der Waals surface area contributed by atoms with Gasteiger partial charge >= 0.3 is 0 Å². The third kappa shape index (κ3) is 4.18. The maximum Gasteiger partial charge on any atom is 0.176 e. The van der Waals surface area contributed by atoms with Crippen LogP contribution in [0, 0.1) is 0 Å². The van der Waals surface area contributed by atoms with Crippen LogP contribution in [0.25, 0.3) is 0 Å². The molecule has 0 amide bonds. The van der Waals surface area contributed by atoms with Gasteiger partial charge < -0.3 is 15.4 Å². The summed E-state index contributed by atoms with van der Waals surface area (Å²) >= 11 is 8.54. The second-order valence-electron chi connectivity index (χ2n) is 3.67. The molecule has 1 heterocycles. The van der Waals surface area contributed by atoms with Crippen LogP contribution in [0.5, 0.6) is 5.75 Å². The number of hydrogen-bond donors (Lipinski definition) is 2. The van der Waals surface area contributed by atoms with Crippen molar-refractivity contribution in [3.8, 4) is 5.75 Å². The number of halogens is 1. The fourth-order valence-corrected chi connectivity index (χ4v) is 1.86. The summed E-state index contributed by atoms with van der Waals surface area (Å²) in [7, 11) is 1.63. The molecule has 4 nitrogen and oxygen atoms in total. The maximum absolute atomic E-state index is 5.21. The molecule has 0 spiro atoms.